The van der Waals surface area contributed by atoms with Crippen LogP contribution < -0.4 is 0 Å². The van der Waals surface area contributed by atoms with Crippen LogP contribution >= 0.6 is 11.6 Å². The van der Waals surface area contributed by atoms with Gasteiger partial charge in [-0.2, -0.15) is 0 Å². The van der Waals surface area contributed by atoms with E-state index in [-0.39, 0.29) is 11.5 Å². The Hall–Kier alpha value is -0.890. The molecule has 0 aromatic heterocycles. The minimum atomic E-state index is 0.204. The minimum Gasteiger partial charge on any atom is -0.508 e. The van der Waals surface area contributed by atoms with Crippen LogP contribution in [0.1, 0.15) is 24.8 Å². The van der Waals surface area contributed by atoms with Crippen molar-refractivity contribution in [1.82, 2.24) is 0 Å². The van der Waals surface area contributed by atoms with Crippen molar-refractivity contribution in [1.29, 1.82) is 0 Å². The van der Waals surface area contributed by atoms with Gasteiger partial charge in [0.25, 0.3) is 0 Å². The second kappa shape index (κ2) is 5.76. The second-order valence-corrected chi connectivity index (χ2v) is 3.69. The summed E-state index contributed by atoms with van der Waals surface area (Å²) in [6.07, 6.45) is 3.83. The van der Waals surface area contributed by atoms with Crippen molar-refractivity contribution in [2.24, 2.45) is 0 Å². The molecule has 0 aliphatic carbocycles. The zero-order valence-corrected chi connectivity index (χ0v) is 8.80. The minimum absolute atomic E-state index is 0.204. The van der Waals surface area contributed by atoms with E-state index in [1.807, 2.05) is 0 Å². The molecule has 0 aliphatic rings. The molecule has 0 bridgehead atoms. The Kier molecular flexibility index (Phi) is 4.60. The number of hydrogen-bond acceptors (Lipinski definition) is 2. The normalized spacial score (nSPS) is 10.4. The van der Waals surface area contributed by atoms with Gasteiger partial charge in [0.2, 0.25) is 0 Å². The summed E-state index contributed by atoms with van der Waals surface area (Å²) in [5.74, 6) is 1.15. The lowest BCUT2D eigenvalue weighted by molar-refractivity contribution is 0.453. The Morgan fingerprint density at radius 3 is 2.57 bits per heavy atom. The highest BCUT2D eigenvalue weighted by molar-refractivity contribution is 6.17. The third-order valence-corrected chi connectivity index (χ3v) is 2.41. The summed E-state index contributed by atoms with van der Waals surface area (Å²) in [5, 5.41) is 18.7. The lowest BCUT2D eigenvalue weighted by Gasteiger charge is -2.04. The highest BCUT2D eigenvalue weighted by Crippen LogP contribution is 2.23. The van der Waals surface area contributed by atoms with Crippen molar-refractivity contribution < 1.29 is 10.2 Å². The van der Waals surface area contributed by atoms with Gasteiger partial charge in [0.1, 0.15) is 11.5 Å². The summed E-state index contributed by atoms with van der Waals surface area (Å²) < 4.78 is 0. The molecule has 2 N–H and O–H groups in total. The Labute approximate surface area is 89.1 Å². The zero-order valence-electron chi connectivity index (χ0n) is 8.04. The number of hydrogen-bond donors (Lipinski definition) is 2. The molecule has 78 valence electrons. The predicted octanol–water partition coefficient (Wildman–Crippen LogP) is 3.05. The SMILES string of the molecule is Oc1ccc(O)c(CCCCCCl)c1. The molecule has 1 aromatic carbocycles. The number of rotatable bonds is 5. The molecule has 1 aromatic rings. The van der Waals surface area contributed by atoms with Gasteiger partial charge in [-0.3, -0.25) is 0 Å². The molecule has 0 fully saturated rings. The lowest BCUT2D eigenvalue weighted by Crippen LogP contribution is -1.87. The van der Waals surface area contributed by atoms with Gasteiger partial charge in [0, 0.05) is 5.88 Å². The van der Waals surface area contributed by atoms with Gasteiger partial charge < -0.3 is 10.2 Å². The van der Waals surface area contributed by atoms with Crippen LogP contribution in [0, 0.1) is 0 Å². The average Bonchev–Trinajstić information content (AvgIpc) is 2.18. The molecule has 0 spiro atoms. The molecule has 1 rings (SSSR count). The highest BCUT2D eigenvalue weighted by Gasteiger charge is 2.01. The first-order valence-corrected chi connectivity index (χ1v) is 5.34. The van der Waals surface area contributed by atoms with Crippen molar-refractivity contribution in [3.05, 3.63) is 23.8 Å². The van der Waals surface area contributed by atoms with E-state index in [1.54, 1.807) is 6.07 Å². The molecule has 14 heavy (non-hydrogen) atoms. The number of phenolic OH excluding ortho intramolecular Hbond substituents is 2. The Morgan fingerprint density at radius 1 is 1.07 bits per heavy atom. The third kappa shape index (κ3) is 3.46. The van der Waals surface area contributed by atoms with Crippen LogP contribution in [0.25, 0.3) is 0 Å². The van der Waals surface area contributed by atoms with Crippen LogP contribution in [0.3, 0.4) is 0 Å². The second-order valence-electron chi connectivity index (χ2n) is 3.31. The van der Waals surface area contributed by atoms with Gasteiger partial charge in [0.05, 0.1) is 0 Å². The molecular formula is C11H15ClO2. The van der Waals surface area contributed by atoms with Crippen molar-refractivity contribution >= 4 is 11.6 Å². The number of halogens is 1. The average molecular weight is 215 g/mol. The summed E-state index contributed by atoms with van der Waals surface area (Å²) in [5.41, 5.74) is 0.805. The first-order chi connectivity index (χ1) is 6.74. The van der Waals surface area contributed by atoms with E-state index in [4.69, 9.17) is 11.6 Å². The molecule has 0 amide bonds. The number of alkyl halides is 1. The van der Waals surface area contributed by atoms with E-state index in [2.05, 4.69) is 0 Å². The summed E-state index contributed by atoms with van der Waals surface area (Å²) in [7, 11) is 0. The summed E-state index contributed by atoms with van der Waals surface area (Å²) >= 11 is 5.55. The van der Waals surface area contributed by atoms with Crippen LogP contribution in [0.5, 0.6) is 11.5 Å². The Balaban J connectivity index is 2.45. The molecule has 0 atom stereocenters. The van der Waals surface area contributed by atoms with Crippen molar-refractivity contribution in [2.45, 2.75) is 25.7 Å². The maximum absolute atomic E-state index is 9.45. The molecule has 0 heterocycles. The number of unbranched alkanes of at least 4 members (excludes halogenated alkanes) is 2. The van der Waals surface area contributed by atoms with Gasteiger partial charge in [-0.1, -0.05) is 6.42 Å². The predicted molar refractivity (Wildman–Crippen MR) is 58.0 cm³/mol. The van der Waals surface area contributed by atoms with Crippen molar-refractivity contribution in [3.8, 4) is 11.5 Å². The quantitative estimate of drug-likeness (QED) is 0.449. The molecule has 0 aliphatic heterocycles. The number of benzene rings is 1. The van der Waals surface area contributed by atoms with Crippen LogP contribution in [-0.2, 0) is 6.42 Å². The van der Waals surface area contributed by atoms with E-state index in [0.717, 1.165) is 31.2 Å². The molecule has 0 saturated carbocycles. The van der Waals surface area contributed by atoms with Crippen LogP contribution in [0.2, 0.25) is 0 Å². The van der Waals surface area contributed by atoms with E-state index < -0.39 is 0 Å². The van der Waals surface area contributed by atoms with Gasteiger partial charge in [-0.05, 0) is 43.0 Å². The molecule has 0 radical (unpaired) electrons. The Bertz CT molecular complexity index is 287. The van der Waals surface area contributed by atoms with Crippen LogP contribution in [0.15, 0.2) is 18.2 Å². The largest absolute Gasteiger partial charge is 0.508 e. The number of phenols is 2. The maximum Gasteiger partial charge on any atom is 0.119 e. The topological polar surface area (TPSA) is 40.5 Å². The van der Waals surface area contributed by atoms with Crippen LogP contribution in [0.4, 0.5) is 0 Å². The van der Waals surface area contributed by atoms with E-state index >= 15 is 0 Å². The van der Waals surface area contributed by atoms with Gasteiger partial charge in [-0.15, -0.1) is 11.6 Å². The molecule has 3 heteroatoms. The van der Waals surface area contributed by atoms with Crippen molar-refractivity contribution in [2.75, 3.05) is 5.88 Å². The fourth-order valence-corrected chi connectivity index (χ4v) is 1.55. The molecule has 0 unspecified atom stereocenters. The summed E-state index contributed by atoms with van der Waals surface area (Å²) in [6, 6.07) is 4.61. The lowest BCUT2D eigenvalue weighted by atomic mass is 10.1. The Morgan fingerprint density at radius 2 is 1.86 bits per heavy atom. The van der Waals surface area contributed by atoms with E-state index in [1.165, 1.54) is 12.1 Å². The zero-order chi connectivity index (χ0) is 10.4. The van der Waals surface area contributed by atoms with E-state index in [0.29, 0.717) is 5.88 Å². The van der Waals surface area contributed by atoms with Gasteiger partial charge in [0.15, 0.2) is 0 Å². The fourth-order valence-electron chi connectivity index (χ4n) is 1.36. The highest BCUT2D eigenvalue weighted by atomic mass is 35.5. The molecule has 2 nitrogen and oxygen atoms in total. The van der Waals surface area contributed by atoms with Gasteiger partial charge in [-0.25, -0.2) is 0 Å². The standard InChI is InChI=1S/C11H15ClO2/c12-7-3-1-2-4-9-8-10(13)5-6-11(9)14/h5-6,8,13-14H,1-4,7H2. The van der Waals surface area contributed by atoms with Crippen LogP contribution in [-0.4, -0.2) is 16.1 Å². The fraction of sp³-hybridized carbons (Fsp3) is 0.455. The summed E-state index contributed by atoms with van der Waals surface area (Å²) in [6.45, 7) is 0. The van der Waals surface area contributed by atoms with Gasteiger partial charge >= 0.3 is 0 Å². The molecule has 0 saturated heterocycles. The smallest absolute Gasteiger partial charge is 0.119 e. The third-order valence-electron chi connectivity index (χ3n) is 2.14. The monoisotopic (exact) mass is 214 g/mol. The maximum atomic E-state index is 9.45. The number of aromatic hydroxyl groups is 2. The van der Waals surface area contributed by atoms with E-state index in [9.17, 15) is 10.2 Å². The molecular weight excluding hydrogens is 200 g/mol. The first kappa shape index (κ1) is 11.2. The number of aryl methyl sites for hydroxylation is 1. The van der Waals surface area contributed by atoms with Crippen molar-refractivity contribution in [3.63, 3.8) is 0 Å². The summed E-state index contributed by atoms with van der Waals surface area (Å²) in [4.78, 5) is 0. The first-order valence-electron chi connectivity index (χ1n) is 4.81.